The van der Waals surface area contributed by atoms with Crippen molar-refractivity contribution in [2.75, 3.05) is 11.9 Å². The number of nitrogens with zero attached hydrogens (tertiary/aromatic N) is 3. The van der Waals surface area contributed by atoms with E-state index in [2.05, 4.69) is 47.9 Å². The highest BCUT2D eigenvalue weighted by molar-refractivity contribution is 5.50. The van der Waals surface area contributed by atoms with Crippen LogP contribution in [0.2, 0.25) is 0 Å². The lowest BCUT2D eigenvalue weighted by atomic mass is 9.86. The molecule has 2 atom stereocenters. The molecular weight excluding hydrogens is 260 g/mol. The summed E-state index contributed by atoms with van der Waals surface area (Å²) in [6, 6.07) is 1.42. The molecule has 118 valence electrons. The lowest BCUT2D eigenvalue weighted by Gasteiger charge is -2.36. The molecule has 0 saturated heterocycles. The van der Waals surface area contributed by atoms with Gasteiger partial charge in [-0.3, -0.25) is 4.68 Å². The first-order chi connectivity index (χ1) is 10.1. The topological polar surface area (TPSA) is 33.1 Å². The highest BCUT2D eigenvalue weighted by Crippen LogP contribution is 2.32. The molecule has 1 aromatic rings. The molecule has 2 unspecified atom stereocenters. The van der Waals surface area contributed by atoms with Crippen LogP contribution in [0.25, 0.3) is 0 Å². The molecule has 2 aliphatic rings. The fraction of sp³-hybridized carbons (Fsp3) is 0.824. The van der Waals surface area contributed by atoms with Crippen LogP contribution in [0.1, 0.15) is 56.7 Å². The van der Waals surface area contributed by atoms with Crippen LogP contribution in [0.4, 0.5) is 5.82 Å². The maximum atomic E-state index is 4.68. The number of anilines is 1. The average Bonchev–Trinajstić information content (AvgIpc) is 3.22. The summed E-state index contributed by atoms with van der Waals surface area (Å²) in [4.78, 5) is 2.50. The first-order valence-corrected chi connectivity index (χ1v) is 8.55. The number of hydrogen-bond acceptors (Lipinski definition) is 3. The molecule has 1 heterocycles. The van der Waals surface area contributed by atoms with Gasteiger partial charge in [0.1, 0.15) is 5.82 Å². The van der Waals surface area contributed by atoms with E-state index in [4.69, 9.17) is 0 Å². The second-order valence-electron chi connectivity index (χ2n) is 7.20. The molecule has 0 radical (unpaired) electrons. The zero-order valence-electron chi connectivity index (χ0n) is 14.0. The van der Waals surface area contributed by atoms with E-state index in [1.165, 1.54) is 55.6 Å². The van der Waals surface area contributed by atoms with E-state index in [0.29, 0.717) is 6.04 Å². The van der Waals surface area contributed by atoms with Crippen molar-refractivity contribution in [2.45, 2.75) is 71.0 Å². The van der Waals surface area contributed by atoms with Crippen molar-refractivity contribution < 1.29 is 0 Å². The molecule has 0 amide bonds. The van der Waals surface area contributed by atoms with Crippen molar-refractivity contribution in [1.82, 2.24) is 15.1 Å². The van der Waals surface area contributed by atoms with Crippen LogP contribution in [0, 0.1) is 12.8 Å². The monoisotopic (exact) mass is 290 g/mol. The van der Waals surface area contributed by atoms with Gasteiger partial charge in [-0.15, -0.1) is 0 Å². The Hall–Kier alpha value is -1.03. The first-order valence-electron chi connectivity index (χ1n) is 8.55. The molecule has 21 heavy (non-hydrogen) atoms. The molecule has 3 rings (SSSR count). The lowest BCUT2D eigenvalue weighted by Crippen LogP contribution is -2.37. The van der Waals surface area contributed by atoms with Crippen LogP contribution in [0.3, 0.4) is 0 Å². The zero-order chi connectivity index (χ0) is 15.0. The minimum atomic E-state index is 0.670. The zero-order valence-corrected chi connectivity index (χ0v) is 14.0. The van der Waals surface area contributed by atoms with Crippen molar-refractivity contribution in [3.63, 3.8) is 0 Å². The molecular formula is C17H30N4. The summed E-state index contributed by atoms with van der Waals surface area (Å²) in [5.41, 5.74) is 2.57. The Morgan fingerprint density at radius 3 is 2.71 bits per heavy atom. The summed E-state index contributed by atoms with van der Waals surface area (Å²) in [7, 11) is 4.35. The molecule has 2 aliphatic carbocycles. The van der Waals surface area contributed by atoms with Gasteiger partial charge >= 0.3 is 0 Å². The highest BCUT2D eigenvalue weighted by atomic mass is 15.4. The Kier molecular flexibility index (Phi) is 4.25. The van der Waals surface area contributed by atoms with Gasteiger partial charge in [0.05, 0.1) is 5.69 Å². The summed E-state index contributed by atoms with van der Waals surface area (Å²) in [6.45, 7) is 5.50. The van der Waals surface area contributed by atoms with Gasteiger partial charge in [0.15, 0.2) is 0 Å². The molecule has 0 aliphatic heterocycles. The smallest absolute Gasteiger partial charge is 0.131 e. The molecule has 0 bridgehead atoms. The largest absolute Gasteiger partial charge is 0.357 e. The van der Waals surface area contributed by atoms with E-state index in [1.807, 2.05) is 0 Å². The summed E-state index contributed by atoms with van der Waals surface area (Å²) in [5, 5.41) is 8.33. The minimum Gasteiger partial charge on any atom is -0.357 e. The number of hydrogen-bond donors (Lipinski definition) is 1. The molecule has 2 saturated carbocycles. The summed E-state index contributed by atoms with van der Waals surface area (Å²) < 4.78 is 2.08. The van der Waals surface area contributed by atoms with Gasteiger partial charge in [-0.2, -0.15) is 5.10 Å². The van der Waals surface area contributed by atoms with Crippen LogP contribution < -0.4 is 10.2 Å². The van der Waals surface area contributed by atoms with Gasteiger partial charge in [0.2, 0.25) is 0 Å². The predicted molar refractivity (Wildman–Crippen MR) is 87.6 cm³/mol. The van der Waals surface area contributed by atoms with Crippen molar-refractivity contribution in [3.8, 4) is 0 Å². The molecule has 0 spiro atoms. The third kappa shape index (κ3) is 3.25. The minimum absolute atomic E-state index is 0.670. The Labute approximate surface area is 128 Å². The highest BCUT2D eigenvalue weighted by Gasteiger charge is 2.28. The fourth-order valence-corrected chi connectivity index (χ4v) is 3.80. The standard InChI is InChI=1S/C17H30N4/c1-12-6-5-7-15(10-12)20(3)17-16(11-18-14-8-9-14)13(2)19-21(17)4/h12,14-15,18H,5-11H2,1-4H3. The number of aryl methyl sites for hydroxylation is 2. The molecule has 2 fully saturated rings. The van der Waals surface area contributed by atoms with Crippen molar-refractivity contribution in [2.24, 2.45) is 13.0 Å². The molecule has 4 heteroatoms. The van der Waals surface area contributed by atoms with Crippen LogP contribution in [-0.2, 0) is 13.6 Å². The lowest BCUT2D eigenvalue weighted by molar-refractivity contribution is 0.334. The maximum absolute atomic E-state index is 4.68. The molecule has 1 N–H and O–H groups in total. The third-order valence-electron chi connectivity index (χ3n) is 5.25. The third-order valence-corrected chi connectivity index (χ3v) is 5.25. The second-order valence-corrected chi connectivity index (χ2v) is 7.20. The van der Waals surface area contributed by atoms with E-state index < -0.39 is 0 Å². The summed E-state index contributed by atoms with van der Waals surface area (Å²) in [6.07, 6.45) is 8.07. The van der Waals surface area contributed by atoms with E-state index in [9.17, 15) is 0 Å². The number of rotatable bonds is 5. The van der Waals surface area contributed by atoms with Crippen molar-refractivity contribution in [3.05, 3.63) is 11.3 Å². The molecule has 0 aromatic carbocycles. The van der Waals surface area contributed by atoms with Crippen LogP contribution >= 0.6 is 0 Å². The van der Waals surface area contributed by atoms with Crippen molar-refractivity contribution in [1.29, 1.82) is 0 Å². The maximum Gasteiger partial charge on any atom is 0.131 e. The van der Waals surface area contributed by atoms with E-state index in [1.54, 1.807) is 0 Å². The van der Waals surface area contributed by atoms with Gasteiger partial charge < -0.3 is 10.2 Å². The van der Waals surface area contributed by atoms with Crippen LogP contribution in [-0.4, -0.2) is 28.9 Å². The molecule has 1 aromatic heterocycles. The van der Waals surface area contributed by atoms with Crippen LogP contribution in [0.5, 0.6) is 0 Å². The van der Waals surface area contributed by atoms with Crippen molar-refractivity contribution >= 4 is 5.82 Å². The summed E-state index contributed by atoms with van der Waals surface area (Å²) in [5.74, 6) is 2.17. The SMILES string of the molecule is Cc1nn(C)c(N(C)C2CCCC(C)C2)c1CNC1CC1. The Bertz CT molecular complexity index is 489. The Morgan fingerprint density at radius 2 is 2.05 bits per heavy atom. The number of aromatic nitrogens is 2. The average molecular weight is 290 g/mol. The van der Waals surface area contributed by atoms with E-state index in [0.717, 1.165) is 18.5 Å². The van der Waals surface area contributed by atoms with Crippen LogP contribution in [0.15, 0.2) is 0 Å². The Morgan fingerprint density at radius 1 is 1.29 bits per heavy atom. The van der Waals surface area contributed by atoms with E-state index in [-0.39, 0.29) is 0 Å². The van der Waals surface area contributed by atoms with Gasteiger partial charge in [-0.1, -0.05) is 19.8 Å². The predicted octanol–water partition coefficient (Wildman–Crippen LogP) is 3.00. The fourth-order valence-electron chi connectivity index (χ4n) is 3.80. The van der Waals surface area contributed by atoms with E-state index >= 15 is 0 Å². The van der Waals surface area contributed by atoms with Gasteiger partial charge in [-0.05, 0) is 38.5 Å². The number of nitrogens with one attached hydrogen (secondary N) is 1. The normalized spacial score (nSPS) is 26.1. The molecule has 4 nitrogen and oxygen atoms in total. The first kappa shape index (κ1) is 14.9. The second kappa shape index (κ2) is 5.99. The summed E-state index contributed by atoms with van der Waals surface area (Å²) >= 11 is 0. The van der Waals surface area contributed by atoms with Gasteiger partial charge in [-0.25, -0.2) is 0 Å². The van der Waals surface area contributed by atoms with Gasteiger partial charge in [0, 0.05) is 38.3 Å². The van der Waals surface area contributed by atoms with Gasteiger partial charge in [0.25, 0.3) is 0 Å². The Balaban J connectivity index is 1.78. The quantitative estimate of drug-likeness (QED) is 0.905.